The van der Waals surface area contributed by atoms with Crippen molar-refractivity contribution in [3.05, 3.63) is 39.7 Å². The van der Waals surface area contributed by atoms with Gasteiger partial charge in [0.05, 0.1) is 0 Å². The summed E-state index contributed by atoms with van der Waals surface area (Å²) in [5, 5.41) is 13.4. The molecule has 1 N–H and O–H groups in total. The molecule has 0 radical (unpaired) electrons. The van der Waals surface area contributed by atoms with E-state index >= 15 is 0 Å². The zero-order valence-corrected chi connectivity index (χ0v) is 13.0. The molecule has 3 heterocycles. The summed E-state index contributed by atoms with van der Waals surface area (Å²) in [6.07, 6.45) is 4.70. The van der Waals surface area contributed by atoms with Crippen LogP contribution >= 0.6 is 0 Å². The zero-order chi connectivity index (χ0) is 16.0. The number of hydrogen-bond acceptors (Lipinski definition) is 5. The number of rotatable bonds is 2. The maximum Gasteiger partial charge on any atom is 0.354 e. The highest BCUT2D eigenvalue weighted by Crippen LogP contribution is 2.31. The monoisotopic (exact) mass is 310 g/mol. The fourth-order valence-corrected chi connectivity index (χ4v) is 3.83. The maximum atomic E-state index is 11.8. The predicted molar refractivity (Wildman–Crippen MR) is 85.5 cm³/mol. The molecule has 2 bridgehead atoms. The van der Waals surface area contributed by atoms with Gasteiger partial charge in [-0.05, 0) is 50.3 Å². The van der Waals surface area contributed by atoms with Gasteiger partial charge >= 0.3 is 5.63 Å². The van der Waals surface area contributed by atoms with E-state index in [4.69, 9.17) is 14.4 Å². The standard InChI is InChI=1S/C18H18N2O3/c1-10-15-5-4-13(8-17(15)23-18(21)16(10)9-19)22-14-6-11-2-3-12(7-14)20-11/h4-5,8,11-12,14,20H,2-3,6-7H2,1H3. The number of benzene rings is 1. The van der Waals surface area contributed by atoms with Gasteiger partial charge in [-0.2, -0.15) is 5.26 Å². The summed E-state index contributed by atoms with van der Waals surface area (Å²) < 4.78 is 11.4. The first-order valence-corrected chi connectivity index (χ1v) is 8.04. The Labute approximate surface area is 133 Å². The minimum atomic E-state index is -0.588. The van der Waals surface area contributed by atoms with Gasteiger partial charge in [-0.25, -0.2) is 4.79 Å². The van der Waals surface area contributed by atoms with E-state index in [0.717, 1.165) is 24.0 Å². The Bertz CT molecular complexity index is 853. The van der Waals surface area contributed by atoms with Gasteiger partial charge in [0.2, 0.25) is 0 Å². The summed E-state index contributed by atoms with van der Waals surface area (Å²) >= 11 is 0. The van der Waals surface area contributed by atoms with Crippen molar-refractivity contribution in [1.82, 2.24) is 5.32 Å². The second-order valence-corrected chi connectivity index (χ2v) is 6.51. The lowest BCUT2D eigenvalue weighted by Gasteiger charge is -2.29. The number of nitrogens with one attached hydrogen (secondary N) is 1. The third-order valence-electron chi connectivity index (χ3n) is 4.98. The predicted octanol–water partition coefficient (Wildman–Crippen LogP) is 2.63. The van der Waals surface area contributed by atoms with Crippen LogP contribution in [0.25, 0.3) is 11.0 Å². The van der Waals surface area contributed by atoms with Crippen LogP contribution < -0.4 is 15.7 Å². The molecular formula is C18H18N2O3. The van der Waals surface area contributed by atoms with Crippen LogP contribution in [0.3, 0.4) is 0 Å². The summed E-state index contributed by atoms with van der Waals surface area (Å²) in [5.74, 6) is 0.719. The first kappa shape index (κ1) is 14.3. The first-order valence-electron chi connectivity index (χ1n) is 8.04. The van der Waals surface area contributed by atoms with Crippen molar-refractivity contribution in [3.63, 3.8) is 0 Å². The van der Waals surface area contributed by atoms with Crippen LogP contribution in [0.5, 0.6) is 5.75 Å². The summed E-state index contributed by atoms with van der Waals surface area (Å²) in [4.78, 5) is 11.8. The zero-order valence-electron chi connectivity index (χ0n) is 13.0. The van der Waals surface area contributed by atoms with Gasteiger partial charge in [0, 0.05) is 23.5 Å². The van der Waals surface area contributed by atoms with Crippen molar-refractivity contribution in [3.8, 4) is 11.8 Å². The van der Waals surface area contributed by atoms with Crippen molar-refractivity contribution >= 4 is 11.0 Å². The molecule has 2 aromatic rings. The Balaban J connectivity index is 1.64. The molecule has 5 heteroatoms. The van der Waals surface area contributed by atoms with Gasteiger partial charge in [0.15, 0.2) is 0 Å². The fraction of sp³-hybridized carbons (Fsp3) is 0.444. The average molecular weight is 310 g/mol. The smallest absolute Gasteiger partial charge is 0.354 e. The molecule has 1 aromatic heterocycles. The maximum absolute atomic E-state index is 11.8. The molecule has 0 amide bonds. The van der Waals surface area contributed by atoms with Gasteiger partial charge < -0.3 is 14.5 Å². The molecular weight excluding hydrogens is 292 g/mol. The summed E-state index contributed by atoms with van der Waals surface area (Å²) in [6, 6.07) is 8.55. The Morgan fingerprint density at radius 1 is 1.30 bits per heavy atom. The van der Waals surface area contributed by atoms with Crippen molar-refractivity contribution < 1.29 is 9.15 Å². The molecule has 2 unspecified atom stereocenters. The highest BCUT2D eigenvalue weighted by molar-refractivity contribution is 5.83. The highest BCUT2D eigenvalue weighted by atomic mass is 16.5. The van der Waals surface area contributed by atoms with E-state index in [1.54, 1.807) is 13.0 Å². The fourth-order valence-electron chi connectivity index (χ4n) is 3.83. The average Bonchev–Trinajstić information content (AvgIpc) is 2.86. The lowest BCUT2D eigenvalue weighted by molar-refractivity contribution is 0.137. The van der Waals surface area contributed by atoms with E-state index in [1.807, 2.05) is 18.2 Å². The number of fused-ring (bicyclic) bond motifs is 3. The van der Waals surface area contributed by atoms with E-state index in [1.165, 1.54) is 12.8 Å². The molecule has 118 valence electrons. The Morgan fingerprint density at radius 3 is 2.74 bits per heavy atom. The Kier molecular flexibility index (Phi) is 3.35. The van der Waals surface area contributed by atoms with Crippen LogP contribution in [0.1, 0.15) is 36.8 Å². The van der Waals surface area contributed by atoms with Gasteiger partial charge in [0.1, 0.15) is 29.1 Å². The van der Waals surface area contributed by atoms with Gasteiger partial charge in [0.25, 0.3) is 0 Å². The number of hydrogen-bond donors (Lipinski definition) is 1. The van der Waals surface area contributed by atoms with Crippen LogP contribution in [0.2, 0.25) is 0 Å². The normalized spacial score (nSPS) is 26.2. The third-order valence-corrected chi connectivity index (χ3v) is 4.98. The Hall–Kier alpha value is -2.32. The number of aryl methyl sites for hydroxylation is 1. The van der Waals surface area contributed by atoms with Gasteiger partial charge in [-0.1, -0.05) is 0 Å². The second kappa shape index (κ2) is 5.39. The van der Waals surface area contributed by atoms with Crippen LogP contribution in [0, 0.1) is 18.3 Å². The van der Waals surface area contributed by atoms with Gasteiger partial charge in [-0.15, -0.1) is 0 Å². The number of ether oxygens (including phenoxy) is 1. The molecule has 4 rings (SSSR count). The minimum absolute atomic E-state index is 0.0705. The molecule has 1 aromatic carbocycles. The Morgan fingerprint density at radius 2 is 2.04 bits per heavy atom. The molecule has 0 saturated carbocycles. The molecule has 0 aliphatic carbocycles. The number of piperidine rings is 1. The molecule has 2 saturated heterocycles. The lowest BCUT2D eigenvalue weighted by atomic mass is 10.0. The van der Waals surface area contributed by atoms with Crippen LogP contribution in [-0.4, -0.2) is 18.2 Å². The minimum Gasteiger partial charge on any atom is -0.490 e. The molecule has 0 spiro atoms. The summed E-state index contributed by atoms with van der Waals surface area (Å²) in [7, 11) is 0. The first-order chi connectivity index (χ1) is 11.1. The SMILES string of the molecule is Cc1c(C#N)c(=O)oc2cc(OC3CC4CCC(C3)N4)ccc12. The van der Waals surface area contributed by atoms with E-state index in [9.17, 15) is 4.79 Å². The summed E-state index contributed by atoms with van der Waals surface area (Å²) in [6.45, 7) is 1.77. The quantitative estimate of drug-likeness (QED) is 0.863. The third kappa shape index (κ3) is 2.49. The van der Waals surface area contributed by atoms with E-state index in [0.29, 0.717) is 23.2 Å². The molecule has 2 aliphatic heterocycles. The van der Waals surface area contributed by atoms with Crippen LogP contribution in [0.4, 0.5) is 0 Å². The summed E-state index contributed by atoms with van der Waals surface area (Å²) in [5.41, 5.74) is 0.613. The number of nitriles is 1. The lowest BCUT2D eigenvalue weighted by Crippen LogP contribution is -2.42. The molecule has 23 heavy (non-hydrogen) atoms. The largest absolute Gasteiger partial charge is 0.490 e. The van der Waals surface area contributed by atoms with Crippen molar-refractivity contribution in [2.75, 3.05) is 0 Å². The van der Waals surface area contributed by atoms with Crippen molar-refractivity contribution in [2.24, 2.45) is 0 Å². The van der Waals surface area contributed by atoms with E-state index in [-0.39, 0.29) is 11.7 Å². The van der Waals surface area contributed by atoms with Crippen molar-refractivity contribution in [1.29, 1.82) is 5.26 Å². The topological polar surface area (TPSA) is 75.3 Å². The second-order valence-electron chi connectivity index (χ2n) is 6.51. The van der Waals surface area contributed by atoms with E-state index in [2.05, 4.69) is 5.32 Å². The highest BCUT2D eigenvalue weighted by Gasteiger charge is 2.34. The molecule has 2 fully saturated rings. The molecule has 2 aliphatic rings. The number of nitrogens with zero attached hydrogens (tertiary/aromatic N) is 1. The molecule has 5 nitrogen and oxygen atoms in total. The van der Waals surface area contributed by atoms with Gasteiger partial charge in [-0.3, -0.25) is 0 Å². The van der Waals surface area contributed by atoms with Crippen LogP contribution in [-0.2, 0) is 0 Å². The molecule has 2 atom stereocenters. The van der Waals surface area contributed by atoms with E-state index < -0.39 is 5.63 Å². The van der Waals surface area contributed by atoms with Crippen molar-refractivity contribution in [2.45, 2.75) is 50.8 Å². The van der Waals surface area contributed by atoms with Crippen LogP contribution in [0.15, 0.2) is 27.4 Å².